The number of nitrogens with one attached hydrogen (secondary N) is 2. The smallest absolute Gasteiger partial charge is 0.413 e. The van der Waals surface area contributed by atoms with Crippen molar-refractivity contribution in [1.29, 1.82) is 0 Å². The van der Waals surface area contributed by atoms with Crippen LogP contribution in [0, 0.1) is 0 Å². The summed E-state index contributed by atoms with van der Waals surface area (Å²) < 4.78 is 46.4. The summed E-state index contributed by atoms with van der Waals surface area (Å²) in [6, 6.07) is 21.1. The Hall–Kier alpha value is -8.95. The van der Waals surface area contributed by atoms with Gasteiger partial charge in [-0.25, -0.2) is 19.4 Å². The van der Waals surface area contributed by atoms with Crippen LogP contribution in [0.25, 0.3) is 0 Å². The van der Waals surface area contributed by atoms with Gasteiger partial charge in [0.1, 0.15) is 83.3 Å². The molecule has 2 aromatic heterocycles. The fourth-order valence-corrected chi connectivity index (χ4v) is 12.6. The minimum absolute atomic E-state index is 0.0109. The second-order valence-corrected chi connectivity index (χ2v) is 26.0. The van der Waals surface area contributed by atoms with Gasteiger partial charge in [0.25, 0.3) is 17.7 Å². The summed E-state index contributed by atoms with van der Waals surface area (Å²) in [6.45, 7) is 13.2. The monoisotopic (exact) mass is 1290 g/mol. The molecule has 2 fully saturated rings. The number of carbonyl (C=O) groups excluding carboxylic acids is 7. The van der Waals surface area contributed by atoms with E-state index >= 15 is 0 Å². The topological polar surface area (TPSA) is 280 Å². The zero-order chi connectivity index (χ0) is 65.2. The molecular weight excluding hydrogens is 1220 g/mol. The van der Waals surface area contributed by atoms with Crippen molar-refractivity contribution in [2.45, 2.75) is 116 Å². The standard InChI is InChI=1S/C64H74N8O17S2/c1-63(2,3)87-51(74)31-49(59(78)85-35-40-14-20-44(82-8)21-15-40)89-68-52(46-38-91-61(65-46)67-62(80)88-64(4,5)6)55(75)66-53-57(77)71-54(60(79)86-36-41-16-22-45(83-9)23-17-41)42(37-90-58(53)71)33-72(27-10-11-28-72)29-26-69-24-25-70-32-50(48(73)30-47(70)56(69)76)84-34-39-12-18-43(81-7)19-13-39/h12-23,30,32,38,49,53,58H,10-11,24-29,31,33-37H2,1-9H3,(H-,65,66,67,75,80)/p+1/t49?,53-,58-/m1/s1. The van der Waals surface area contributed by atoms with Gasteiger partial charge in [-0.3, -0.25) is 34.2 Å². The first-order valence-electron chi connectivity index (χ1n) is 29.5. The summed E-state index contributed by atoms with van der Waals surface area (Å²) in [5.41, 5.74) is 0.0426. The molecule has 9 rings (SSSR count). The van der Waals surface area contributed by atoms with Crippen LogP contribution in [0.2, 0.25) is 0 Å². The second kappa shape index (κ2) is 28.9. The van der Waals surface area contributed by atoms with E-state index < -0.39 is 82.1 Å². The summed E-state index contributed by atoms with van der Waals surface area (Å²) in [4.78, 5) is 125. The molecule has 5 aromatic rings. The number of amides is 4. The lowest BCUT2D eigenvalue weighted by Gasteiger charge is -2.50. The first-order chi connectivity index (χ1) is 43.4. The molecule has 3 atom stereocenters. The van der Waals surface area contributed by atoms with Gasteiger partial charge in [0.2, 0.25) is 11.5 Å². The first-order valence-corrected chi connectivity index (χ1v) is 31.5. The molecule has 6 heterocycles. The zero-order valence-electron chi connectivity index (χ0n) is 52.2. The lowest BCUT2D eigenvalue weighted by atomic mass is 10.0. The van der Waals surface area contributed by atoms with Crippen molar-refractivity contribution >= 4 is 75.7 Å². The van der Waals surface area contributed by atoms with Gasteiger partial charge in [0, 0.05) is 48.7 Å². The number of anilines is 1. The predicted octanol–water partition coefficient (Wildman–Crippen LogP) is 6.99. The number of likely N-dealkylation sites (tertiary alicyclic amines) is 1. The lowest BCUT2D eigenvalue weighted by Crippen LogP contribution is -2.71. The van der Waals surface area contributed by atoms with Gasteiger partial charge in [-0.1, -0.05) is 41.6 Å². The number of benzene rings is 3. The Morgan fingerprint density at radius 2 is 1.36 bits per heavy atom. The summed E-state index contributed by atoms with van der Waals surface area (Å²) in [7, 11) is 4.63. The molecule has 0 radical (unpaired) electrons. The molecule has 91 heavy (non-hydrogen) atoms. The summed E-state index contributed by atoms with van der Waals surface area (Å²) in [6.07, 6.45) is 0.0268. The van der Waals surface area contributed by atoms with Crippen LogP contribution in [0.1, 0.15) is 93.7 Å². The number of fused-ring (bicyclic) bond motifs is 2. The molecule has 1 unspecified atom stereocenters. The quantitative estimate of drug-likeness (QED) is 0.0149. The average Bonchev–Trinajstić information content (AvgIpc) is 0.881. The number of pyridine rings is 1. The maximum Gasteiger partial charge on any atom is 0.413 e. The largest absolute Gasteiger partial charge is 0.497 e. The van der Waals surface area contributed by atoms with E-state index in [1.807, 2.05) is 12.1 Å². The van der Waals surface area contributed by atoms with Crippen LogP contribution >= 0.6 is 23.1 Å². The van der Waals surface area contributed by atoms with Crippen LogP contribution in [0.3, 0.4) is 0 Å². The maximum absolute atomic E-state index is 14.8. The molecule has 27 heteroatoms. The van der Waals surface area contributed by atoms with Crippen molar-refractivity contribution in [3.8, 4) is 23.0 Å². The second-order valence-electron chi connectivity index (χ2n) is 24.1. The Balaban J connectivity index is 0.956. The van der Waals surface area contributed by atoms with Gasteiger partial charge in [-0.05, 0) is 94.6 Å². The Morgan fingerprint density at radius 3 is 1.96 bits per heavy atom. The summed E-state index contributed by atoms with van der Waals surface area (Å²) >= 11 is 2.23. The van der Waals surface area contributed by atoms with Crippen molar-refractivity contribution in [1.82, 2.24) is 24.7 Å². The molecule has 25 nitrogen and oxygen atoms in total. The van der Waals surface area contributed by atoms with Crippen molar-refractivity contribution in [3.05, 3.63) is 140 Å². The van der Waals surface area contributed by atoms with E-state index in [-0.39, 0.29) is 59.4 Å². The zero-order valence-corrected chi connectivity index (χ0v) is 53.9. The van der Waals surface area contributed by atoms with Crippen molar-refractivity contribution in [2.75, 3.05) is 71.7 Å². The van der Waals surface area contributed by atoms with Gasteiger partial charge >= 0.3 is 24.0 Å². The van der Waals surface area contributed by atoms with Crippen LogP contribution in [0.15, 0.2) is 112 Å². The van der Waals surface area contributed by atoms with Crippen LogP contribution in [0.5, 0.6) is 23.0 Å². The van der Waals surface area contributed by atoms with Crippen LogP contribution in [0.4, 0.5) is 9.93 Å². The number of hydrogen-bond donors (Lipinski definition) is 2. The Morgan fingerprint density at radius 1 is 0.769 bits per heavy atom. The first kappa shape index (κ1) is 66.5. The molecule has 2 N–H and O–H groups in total. The molecule has 0 bridgehead atoms. The summed E-state index contributed by atoms with van der Waals surface area (Å²) in [5.74, 6) is -2.34. The van der Waals surface area contributed by atoms with Gasteiger partial charge in [-0.2, -0.15) is 0 Å². The highest BCUT2D eigenvalue weighted by Crippen LogP contribution is 2.42. The Kier molecular flexibility index (Phi) is 21.1. The van der Waals surface area contributed by atoms with Crippen molar-refractivity contribution in [3.63, 3.8) is 0 Å². The number of quaternary nitrogens is 1. The van der Waals surface area contributed by atoms with E-state index in [4.69, 9.17) is 42.7 Å². The molecule has 0 spiro atoms. The third-order valence-electron chi connectivity index (χ3n) is 15.1. The fourth-order valence-electron chi connectivity index (χ4n) is 10.6. The van der Waals surface area contributed by atoms with Crippen molar-refractivity contribution in [2.24, 2.45) is 5.16 Å². The number of rotatable bonds is 25. The van der Waals surface area contributed by atoms with Gasteiger partial charge in [-0.15, -0.1) is 23.1 Å². The fraction of sp³-hybridized carbons (Fsp3) is 0.438. The minimum Gasteiger partial charge on any atom is -0.497 e. The third-order valence-corrected chi connectivity index (χ3v) is 17.2. The summed E-state index contributed by atoms with van der Waals surface area (Å²) in [5, 5.41) is 9.93. The van der Waals surface area contributed by atoms with Crippen LogP contribution in [-0.4, -0.2) is 166 Å². The van der Waals surface area contributed by atoms with E-state index in [1.54, 1.807) is 125 Å². The number of ether oxygens (including phenoxy) is 8. The number of thioether (sulfide) groups is 1. The van der Waals surface area contributed by atoms with Gasteiger partial charge in [0.05, 0.1) is 60.1 Å². The molecule has 4 aliphatic heterocycles. The average molecular weight is 1290 g/mol. The minimum atomic E-state index is -1.77. The Labute approximate surface area is 534 Å². The van der Waals surface area contributed by atoms with Gasteiger partial charge in [0.15, 0.2) is 16.6 Å². The molecular formula is C64H75N8O17S2+. The molecule has 4 aliphatic rings. The van der Waals surface area contributed by atoms with Crippen LogP contribution in [-0.2, 0) is 74.1 Å². The number of β-lactam (4-membered cyclic amide) rings is 1. The van der Waals surface area contributed by atoms with E-state index in [0.29, 0.717) is 71.2 Å². The lowest BCUT2D eigenvalue weighted by molar-refractivity contribution is -0.911. The molecule has 0 aliphatic carbocycles. The number of methoxy groups -OCH3 is 3. The van der Waals surface area contributed by atoms with Gasteiger partial charge < -0.3 is 62.0 Å². The highest BCUT2D eigenvalue weighted by molar-refractivity contribution is 8.00. The SMILES string of the molecule is COc1ccc(COC(=O)C2=C(C[N+]3(CCN4CCn5cc(OCc6ccc(OC)cc6)c(=O)cc5C4=O)CCCC3)CS[C@@H]3[C@H](NC(=O)C(=NOC(CC(=O)OC(C)(C)C)C(=O)OCc4ccc(OC)cc4)c4csc(NC(=O)OC(C)(C)C)n4)C(=O)N23)cc1. The molecule has 2 saturated heterocycles. The molecule has 0 saturated carbocycles. The highest BCUT2D eigenvalue weighted by atomic mass is 32.2. The molecule has 484 valence electrons. The predicted molar refractivity (Wildman–Crippen MR) is 334 cm³/mol. The number of carbonyl (C=O) groups is 7. The van der Waals surface area contributed by atoms with E-state index in [9.17, 15) is 38.4 Å². The van der Waals surface area contributed by atoms with Crippen molar-refractivity contribution < 1.29 is 80.8 Å². The molecule has 3 aromatic carbocycles. The number of esters is 3. The Bertz CT molecular complexity index is 3630. The number of nitrogens with zero attached hydrogens (tertiary/aromatic N) is 6. The van der Waals surface area contributed by atoms with E-state index in [0.717, 1.165) is 42.8 Å². The molecule has 4 amide bonds. The number of hydrogen-bond acceptors (Lipinski definition) is 21. The third kappa shape index (κ3) is 17.1. The van der Waals surface area contributed by atoms with Crippen LogP contribution < -0.4 is 35.0 Å². The number of thiazole rings is 1. The number of oxime groups is 1. The number of aromatic nitrogens is 2. The maximum atomic E-state index is 14.8. The normalized spacial score (nSPS) is 17.4. The van der Waals surface area contributed by atoms with E-state index in [2.05, 4.69) is 20.8 Å². The highest BCUT2D eigenvalue weighted by Gasteiger charge is 2.56. The van der Waals surface area contributed by atoms with E-state index in [1.165, 1.54) is 42.3 Å².